The Bertz CT molecular complexity index is 233. The molecule has 5 nitrogen and oxygen atoms in total. The number of rotatable bonds is 0. The number of nitrogens with one attached hydrogen (secondary N) is 1. The van der Waals surface area contributed by atoms with Gasteiger partial charge in [0.25, 0.3) is 0 Å². The summed E-state index contributed by atoms with van der Waals surface area (Å²) in [6.45, 7) is 1.79. The number of amides is 1. The van der Waals surface area contributed by atoms with Gasteiger partial charge in [0, 0.05) is 20.0 Å². The molecule has 0 radical (unpaired) electrons. The van der Waals surface area contributed by atoms with Crippen molar-refractivity contribution in [1.29, 1.82) is 0 Å². The highest BCUT2D eigenvalue weighted by Crippen LogP contribution is 2.30. The Kier molecular flexibility index (Phi) is 1.92. The molecule has 1 spiro atoms. The molecular formula is C8H14N2O3. The lowest BCUT2D eigenvalue weighted by molar-refractivity contribution is -0.0692. The van der Waals surface area contributed by atoms with Crippen LogP contribution in [-0.4, -0.2) is 54.5 Å². The predicted molar refractivity (Wildman–Crippen MR) is 45.3 cm³/mol. The predicted octanol–water partition coefficient (Wildman–Crippen LogP) is -0.839. The number of β-amino-alcohol motifs (C(OH)–C–C–N with tert-alkyl or cyclic N) is 1. The summed E-state index contributed by atoms with van der Waals surface area (Å²) in [4.78, 5) is 12.7. The maximum atomic E-state index is 11.2. The van der Waals surface area contributed by atoms with Crippen molar-refractivity contribution in [2.24, 2.45) is 0 Å². The van der Waals surface area contributed by atoms with E-state index in [1.54, 1.807) is 7.05 Å². The van der Waals surface area contributed by atoms with Crippen molar-refractivity contribution < 1.29 is 14.6 Å². The Hall–Kier alpha value is -0.810. The molecule has 2 N–H and O–H groups in total. The highest BCUT2D eigenvalue weighted by Gasteiger charge is 2.50. The average Bonchev–Trinajstić information content (AvgIpc) is 2.36. The van der Waals surface area contributed by atoms with Crippen LogP contribution < -0.4 is 5.32 Å². The number of carbonyl (C=O) groups is 1. The quantitative estimate of drug-likeness (QED) is 0.518. The van der Waals surface area contributed by atoms with Gasteiger partial charge in [-0.15, -0.1) is 0 Å². The van der Waals surface area contributed by atoms with Crippen LogP contribution in [0, 0.1) is 0 Å². The molecular weight excluding hydrogens is 172 g/mol. The standard InChI is InChI=1S/C8H14N2O3/c1-10-5-8(13-7(10)12)2-3-9-4-6(8)11/h6,9,11H,2-5H2,1H3/t6-,8-/m0/s1. The maximum absolute atomic E-state index is 11.2. The van der Waals surface area contributed by atoms with Crippen molar-refractivity contribution >= 4 is 6.09 Å². The molecule has 0 unspecified atom stereocenters. The normalized spacial score (nSPS) is 39.7. The zero-order chi connectivity index (χ0) is 9.47. The topological polar surface area (TPSA) is 61.8 Å². The third kappa shape index (κ3) is 1.28. The SMILES string of the molecule is CN1C[C@]2(CCNC[C@@H]2O)OC1=O. The second kappa shape index (κ2) is 2.85. The molecule has 2 heterocycles. The van der Waals surface area contributed by atoms with E-state index in [2.05, 4.69) is 5.32 Å². The highest BCUT2D eigenvalue weighted by atomic mass is 16.6. The second-order valence-electron chi connectivity index (χ2n) is 3.76. The van der Waals surface area contributed by atoms with Gasteiger partial charge in [-0.2, -0.15) is 0 Å². The van der Waals surface area contributed by atoms with Crippen LogP contribution in [-0.2, 0) is 4.74 Å². The molecule has 0 saturated carbocycles. The summed E-state index contributed by atoms with van der Waals surface area (Å²) in [6.07, 6.45) is -0.236. The molecule has 5 heteroatoms. The Labute approximate surface area is 76.7 Å². The van der Waals surface area contributed by atoms with E-state index in [0.29, 0.717) is 19.5 Å². The summed E-state index contributed by atoms with van der Waals surface area (Å²) < 4.78 is 5.21. The number of carbonyl (C=O) groups excluding carboxylic acids is 1. The van der Waals surface area contributed by atoms with E-state index in [1.807, 2.05) is 0 Å². The minimum atomic E-state index is -0.656. The van der Waals surface area contributed by atoms with Crippen LogP contribution in [0.15, 0.2) is 0 Å². The Morgan fingerprint density at radius 1 is 1.77 bits per heavy atom. The minimum absolute atomic E-state index is 0.332. The first-order chi connectivity index (χ1) is 6.14. The number of ether oxygens (including phenoxy) is 1. The first-order valence-corrected chi connectivity index (χ1v) is 4.47. The average molecular weight is 186 g/mol. The van der Waals surface area contributed by atoms with E-state index < -0.39 is 11.7 Å². The van der Waals surface area contributed by atoms with Crippen LogP contribution in [0.25, 0.3) is 0 Å². The first-order valence-electron chi connectivity index (χ1n) is 4.47. The molecule has 2 aliphatic rings. The Balaban J connectivity index is 2.15. The van der Waals surface area contributed by atoms with E-state index in [9.17, 15) is 9.90 Å². The first kappa shape index (κ1) is 8.77. The summed E-state index contributed by atoms with van der Waals surface area (Å²) in [7, 11) is 1.69. The fourth-order valence-corrected chi connectivity index (χ4v) is 1.94. The summed E-state index contributed by atoms with van der Waals surface area (Å²) in [5.41, 5.74) is -0.656. The molecule has 2 rings (SSSR count). The lowest BCUT2D eigenvalue weighted by Gasteiger charge is -2.35. The molecule has 13 heavy (non-hydrogen) atoms. The summed E-state index contributed by atoms with van der Waals surface area (Å²) >= 11 is 0. The molecule has 1 amide bonds. The van der Waals surface area contributed by atoms with Gasteiger partial charge in [0.05, 0.1) is 6.54 Å². The van der Waals surface area contributed by atoms with Gasteiger partial charge in [-0.25, -0.2) is 4.79 Å². The van der Waals surface area contributed by atoms with Crippen LogP contribution in [0.1, 0.15) is 6.42 Å². The van der Waals surface area contributed by atoms with E-state index in [-0.39, 0.29) is 6.09 Å². The van der Waals surface area contributed by atoms with Crippen LogP contribution in [0.4, 0.5) is 4.79 Å². The van der Waals surface area contributed by atoms with Crippen molar-refractivity contribution in [2.75, 3.05) is 26.7 Å². The number of nitrogens with zero attached hydrogens (tertiary/aromatic N) is 1. The van der Waals surface area contributed by atoms with Gasteiger partial charge in [-0.3, -0.25) is 0 Å². The summed E-state index contributed by atoms with van der Waals surface area (Å²) in [5, 5.41) is 12.8. The van der Waals surface area contributed by atoms with E-state index in [1.165, 1.54) is 4.90 Å². The molecule has 2 fully saturated rings. The molecule has 0 aromatic carbocycles. The van der Waals surface area contributed by atoms with Gasteiger partial charge in [0.1, 0.15) is 6.10 Å². The Morgan fingerprint density at radius 3 is 3.08 bits per heavy atom. The minimum Gasteiger partial charge on any atom is -0.438 e. The lowest BCUT2D eigenvalue weighted by atomic mass is 9.90. The molecule has 2 saturated heterocycles. The molecule has 0 aliphatic carbocycles. The van der Waals surface area contributed by atoms with Gasteiger partial charge in [-0.1, -0.05) is 0 Å². The number of likely N-dealkylation sites (N-methyl/N-ethyl adjacent to an activating group) is 1. The second-order valence-corrected chi connectivity index (χ2v) is 3.76. The summed E-state index contributed by atoms with van der Waals surface area (Å²) in [6, 6.07) is 0. The monoisotopic (exact) mass is 186 g/mol. The van der Waals surface area contributed by atoms with Crippen LogP contribution in [0.2, 0.25) is 0 Å². The maximum Gasteiger partial charge on any atom is 0.410 e. The van der Waals surface area contributed by atoms with E-state index >= 15 is 0 Å². The van der Waals surface area contributed by atoms with Crippen molar-refractivity contribution in [1.82, 2.24) is 10.2 Å². The number of aliphatic hydroxyl groups is 1. The number of aliphatic hydroxyl groups excluding tert-OH is 1. The van der Waals surface area contributed by atoms with Crippen molar-refractivity contribution in [3.05, 3.63) is 0 Å². The van der Waals surface area contributed by atoms with Gasteiger partial charge < -0.3 is 20.1 Å². The Morgan fingerprint density at radius 2 is 2.54 bits per heavy atom. The molecule has 2 aliphatic heterocycles. The van der Waals surface area contributed by atoms with Crippen LogP contribution >= 0.6 is 0 Å². The van der Waals surface area contributed by atoms with Crippen molar-refractivity contribution in [3.63, 3.8) is 0 Å². The van der Waals surface area contributed by atoms with Gasteiger partial charge in [0.15, 0.2) is 5.60 Å². The molecule has 74 valence electrons. The number of piperidine rings is 1. The zero-order valence-corrected chi connectivity index (χ0v) is 7.62. The van der Waals surface area contributed by atoms with E-state index in [4.69, 9.17) is 4.74 Å². The molecule has 0 aromatic rings. The zero-order valence-electron chi connectivity index (χ0n) is 7.62. The van der Waals surface area contributed by atoms with Crippen LogP contribution in [0.3, 0.4) is 0 Å². The van der Waals surface area contributed by atoms with Gasteiger partial charge in [-0.05, 0) is 6.54 Å². The highest BCUT2D eigenvalue weighted by molar-refractivity contribution is 5.70. The number of hydrogen-bond acceptors (Lipinski definition) is 4. The van der Waals surface area contributed by atoms with E-state index in [0.717, 1.165) is 6.54 Å². The number of hydrogen-bond donors (Lipinski definition) is 2. The fourth-order valence-electron chi connectivity index (χ4n) is 1.94. The molecule has 2 atom stereocenters. The molecule has 0 bridgehead atoms. The van der Waals surface area contributed by atoms with Crippen LogP contribution in [0.5, 0.6) is 0 Å². The lowest BCUT2D eigenvalue weighted by Crippen LogP contribution is -2.56. The van der Waals surface area contributed by atoms with Crippen molar-refractivity contribution in [3.8, 4) is 0 Å². The largest absolute Gasteiger partial charge is 0.438 e. The molecule has 0 aromatic heterocycles. The fraction of sp³-hybridized carbons (Fsp3) is 0.875. The summed E-state index contributed by atoms with van der Waals surface area (Å²) in [5.74, 6) is 0. The third-order valence-corrected chi connectivity index (χ3v) is 2.78. The van der Waals surface area contributed by atoms with Gasteiger partial charge >= 0.3 is 6.09 Å². The smallest absolute Gasteiger partial charge is 0.410 e. The van der Waals surface area contributed by atoms with Crippen molar-refractivity contribution in [2.45, 2.75) is 18.1 Å². The van der Waals surface area contributed by atoms with Gasteiger partial charge in [0.2, 0.25) is 0 Å². The third-order valence-electron chi connectivity index (χ3n) is 2.78.